The summed E-state index contributed by atoms with van der Waals surface area (Å²) in [5, 5.41) is 0.823. The lowest BCUT2D eigenvalue weighted by Gasteiger charge is -2.25. The average molecular weight is 668 g/mol. The maximum atomic E-state index is 14.2. The van der Waals surface area contributed by atoms with Gasteiger partial charge in [0.1, 0.15) is 23.4 Å². The largest absolute Gasteiger partial charge is 0.496 e. The van der Waals surface area contributed by atoms with Gasteiger partial charge in [0.2, 0.25) is 5.91 Å². The molecule has 2 aliphatic carbocycles. The molecule has 0 spiro atoms. The molecular weight excluding hydrogens is 618 g/mol. The average Bonchev–Trinajstić information content (AvgIpc) is 3.62. The normalized spacial score (nSPS) is 26.6. The minimum Gasteiger partial charge on any atom is -0.496 e. The number of methoxy groups -OCH3 is 1. The number of Topliss-reactive ketones (excluding diaryl/α,β-unsaturated/α-hetero) is 1. The van der Waals surface area contributed by atoms with Crippen LogP contribution in [0.15, 0.2) is 48.6 Å². The van der Waals surface area contributed by atoms with Crippen molar-refractivity contribution < 1.29 is 28.6 Å². The summed E-state index contributed by atoms with van der Waals surface area (Å²) in [5.74, 6) is 0.0816. The fourth-order valence-electron chi connectivity index (χ4n) is 7.72. The fourth-order valence-corrected chi connectivity index (χ4v) is 7.72. The van der Waals surface area contributed by atoms with Gasteiger partial charge in [0.05, 0.1) is 42.0 Å². The Hall–Kier alpha value is -4.27. The molecule has 9 nitrogen and oxygen atoms in total. The molecule has 2 saturated carbocycles. The predicted molar refractivity (Wildman–Crippen MR) is 188 cm³/mol. The van der Waals surface area contributed by atoms with Crippen molar-refractivity contribution in [2.75, 3.05) is 27.3 Å². The van der Waals surface area contributed by atoms with E-state index in [1.165, 1.54) is 0 Å². The smallest absolute Gasteiger partial charge is 0.313 e. The highest BCUT2D eigenvalue weighted by molar-refractivity contribution is 5.95. The number of aryl methyl sites for hydroxylation is 1. The minimum atomic E-state index is -0.851. The van der Waals surface area contributed by atoms with Crippen LogP contribution < -0.4 is 9.47 Å². The zero-order valence-electron chi connectivity index (χ0n) is 29.7. The van der Waals surface area contributed by atoms with Crippen molar-refractivity contribution in [1.82, 2.24) is 14.9 Å². The third kappa shape index (κ3) is 6.94. The highest BCUT2D eigenvalue weighted by Crippen LogP contribution is 2.58. The van der Waals surface area contributed by atoms with Crippen molar-refractivity contribution >= 4 is 28.6 Å². The summed E-state index contributed by atoms with van der Waals surface area (Å²) in [6, 6.07) is 11.7. The van der Waals surface area contributed by atoms with Crippen LogP contribution in [0.5, 0.6) is 11.5 Å². The first-order valence-electron chi connectivity index (χ1n) is 17.8. The van der Waals surface area contributed by atoms with Crippen molar-refractivity contribution in [3.8, 4) is 22.9 Å². The highest BCUT2D eigenvalue weighted by Gasteiger charge is 2.61. The van der Waals surface area contributed by atoms with Crippen molar-refractivity contribution in [2.45, 2.75) is 84.7 Å². The van der Waals surface area contributed by atoms with E-state index in [-0.39, 0.29) is 42.5 Å². The van der Waals surface area contributed by atoms with Crippen molar-refractivity contribution in [3.63, 3.8) is 0 Å². The molecule has 3 aromatic rings. The molecule has 1 aliphatic heterocycles. The van der Waals surface area contributed by atoms with Gasteiger partial charge in [-0.3, -0.25) is 19.4 Å². The van der Waals surface area contributed by atoms with Crippen LogP contribution >= 0.6 is 0 Å². The van der Waals surface area contributed by atoms with Gasteiger partial charge in [-0.15, -0.1) is 0 Å². The summed E-state index contributed by atoms with van der Waals surface area (Å²) < 4.78 is 17.9. The van der Waals surface area contributed by atoms with E-state index in [4.69, 9.17) is 24.2 Å². The Balaban J connectivity index is 1.36. The van der Waals surface area contributed by atoms with Gasteiger partial charge in [-0.2, -0.15) is 0 Å². The number of carbonyl (C=O) groups excluding carboxylic acids is 3. The van der Waals surface area contributed by atoms with E-state index in [1.807, 2.05) is 50.4 Å². The molecule has 0 radical (unpaired) electrons. The number of hydrogen-bond acceptors (Lipinski definition) is 8. The molecule has 6 rings (SSSR count). The highest BCUT2D eigenvalue weighted by atomic mass is 16.5. The van der Waals surface area contributed by atoms with E-state index in [9.17, 15) is 14.4 Å². The molecule has 49 heavy (non-hydrogen) atoms. The number of hydrogen-bond donors (Lipinski definition) is 0. The molecule has 5 atom stereocenters. The van der Waals surface area contributed by atoms with Gasteiger partial charge in [-0.25, -0.2) is 4.98 Å². The molecular formula is C40H49N3O6. The number of aromatic nitrogens is 2. The lowest BCUT2D eigenvalue weighted by atomic mass is 9.84. The lowest BCUT2D eigenvalue weighted by molar-refractivity contribution is -0.152. The van der Waals surface area contributed by atoms with Crippen LogP contribution in [0.4, 0.5) is 0 Å². The zero-order valence-corrected chi connectivity index (χ0v) is 29.7. The Kier molecular flexibility index (Phi) is 10.1. The predicted octanol–water partition coefficient (Wildman–Crippen LogP) is 7.24. The van der Waals surface area contributed by atoms with E-state index in [0.29, 0.717) is 37.3 Å². The third-order valence-electron chi connectivity index (χ3n) is 10.7. The van der Waals surface area contributed by atoms with E-state index in [0.717, 1.165) is 52.9 Å². The number of rotatable bonds is 7. The number of ketones is 1. The first kappa shape index (κ1) is 34.6. The molecule has 1 aromatic carbocycles. The summed E-state index contributed by atoms with van der Waals surface area (Å²) in [4.78, 5) is 53.2. The number of pyridine rings is 2. The second kappa shape index (κ2) is 14.3. The van der Waals surface area contributed by atoms with Crippen molar-refractivity contribution in [2.24, 2.45) is 23.2 Å². The number of allylic oxidation sites excluding steroid dienone is 2. The van der Waals surface area contributed by atoms with E-state index in [2.05, 4.69) is 26.0 Å². The SMILES string of the molecule is CCOC(=O)[C@]12CC(=O)[C@@H]3C[C@@H](Oc4cc(-c5cccc(C(C)C)n5)nc5c(C)c(OC)ccc45)CC3C(=O)N(C)CCCC/C=C\[C@H]1C2. The van der Waals surface area contributed by atoms with Crippen molar-refractivity contribution in [1.29, 1.82) is 0 Å². The number of benzene rings is 1. The summed E-state index contributed by atoms with van der Waals surface area (Å²) >= 11 is 0. The number of esters is 1. The second-order valence-electron chi connectivity index (χ2n) is 14.3. The molecule has 260 valence electrons. The van der Waals surface area contributed by atoms with Gasteiger partial charge in [-0.1, -0.05) is 32.1 Å². The maximum absolute atomic E-state index is 14.2. The van der Waals surface area contributed by atoms with Crippen LogP contribution in [-0.4, -0.2) is 65.9 Å². The Labute approximate surface area is 289 Å². The van der Waals surface area contributed by atoms with Gasteiger partial charge in [0.15, 0.2) is 0 Å². The summed E-state index contributed by atoms with van der Waals surface area (Å²) in [5.41, 5.74) is 3.16. The summed E-state index contributed by atoms with van der Waals surface area (Å²) in [6.45, 7) is 8.89. The fraction of sp³-hybridized carbons (Fsp3) is 0.525. The molecule has 0 bridgehead atoms. The number of fused-ring (bicyclic) bond motifs is 3. The molecule has 9 heteroatoms. The molecule has 2 fully saturated rings. The van der Waals surface area contributed by atoms with Gasteiger partial charge >= 0.3 is 5.97 Å². The first-order chi connectivity index (χ1) is 23.6. The second-order valence-corrected chi connectivity index (χ2v) is 14.3. The molecule has 2 aromatic heterocycles. The van der Waals surface area contributed by atoms with E-state index in [1.54, 1.807) is 18.9 Å². The molecule has 1 unspecified atom stereocenters. The van der Waals surface area contributed by atoms with Gasteiger partial charge in [0, 0.05) is 48.6 Å². The third-order valence-corrected chi connectivity index (χ3v) is 10.7. The lowest BCUT2D eigenvalue weighted by Crippen LogP contribution is -2.38. The van der Waals surface area contributed by atoms with Crippen LogP contribution in [-0.2, 0) is 19.1 Å². The number of carbonyl (C=O) groups is 3. The van der Waals surface area contributed by atoms with Crippen LogP contribution in [0, 0.1) is 30.1 Å². The molecule has 1 amide bonds. The quantitative estimate of drug-likeness (QED) is 0.192. The Morgan fingerprint density at radius 2 is 1.84 bits per heavy atom. The number of ether oxygens (including phenoxy) is 3. The maximum Gasteiger partial charge on any atom is 0.313 e. The zero-order chi connectivity index (χ0) is 34.9. The topological polar surface area (TPSA) is 108 Å². The standard InChI is InChI=1S/C40H49N3O6/c1-7-48-39(46)40-22-26(40)13-10-8-9-11-18-43(5)38(45)30-20-27(19-29(30)34(44)23-40)49-36-21-33(32-15-12-14-31(41-32)24(2)3)42-37-25(4)35(47-6)17-16-28(36)37/h10,12-17,21,24,26-27,29-30H,7-9,11,18-20,22-23H2,1-6H3/b13-10-/t26-,27+,29+,30?,40+/m0/s1. The van der Waals surface area contributed by atoms with Crippen LogP contribution in [0.1, 0.15) is 82.9 Å². The molecule has 0 saturated heterocycles. The Bertz CT molecular complexity index is 1770. The number of nitrogens with zero attached hydrogens (tertiary/aromatic N) is 3. The minimum absolute atomic E-state index is 0.0200. The summed E-state index contributed by atoms with van der Waals surface area (Å²) in [7, 11) is 3.47. The van der Waals surface area contributed by atoms with E-state index >= 15 is 0 Å². The molecule has 3 aliphatic rings. The Morgan fingerprint density at radius 3 is 2.59 bits per heavy atom. The monoisotopic (exact) mass is 667 g/mol. The van der Waals surface area contributed by atoms with Gasteiger partial charge in [-0.05, 0) is 88.5 Å². The van der Waals surface area contributed by atoms with E-state index < -0.39 is 23.4 Å². The number of amides is 1. The van der Waals surface area contributed by atoms with Crippen molar-refractivity contribution in [3.05, 3.63) is 59.8 Å². The van der Waals surface area contributed by atoms with Crippen LogP contribution in [0.2, 0.25) is 0 Å². The Morgan fingerprint density at radius 1 is 1.04 bits per heavy atom. The molecule has 3 heterocycles. The molecule has 0 N–H and O–H groups in total. The first-order valence-corrected chi connectivity index (χ1v) is 17.8. The van der Waals surface area contributed by atoms with Crippen LogP contribution in [0.3, 0.4) is 0 Å². The summed E-state index contributed by atoms with van der Waals surface area (Å²) in [6.07, 6.45) is 7.97. The van der Waals surface area contributed by atoms with Gasteiger partial charge < -0.3 is 19.1 Å². The van der Waals surface area contributed by atoms with Crippen LogP contribution in [0.25, 0.3) is 22.3 Å². The van der Waals surface area contributed by atoms with Gasteiger partial charge in [0.25, 0.3) is 0 Å².